The standard InChI is InChI=1S/C24H23ClFN3O2S2/c1-15-3-7-20(14-22(15)25)28-24(32)27-19-8-10-21(11-9-19)33(30,31)29-16(2)4-5-17-13-18(26)6-12-23(17)29/h3,6-14,16H,4-5H2,1-2H3,(H2,27,28,32)/t16-/m1/s1. The van der Waals surface area contributed by atoms with Crippen LogP contribution in [0.1, 0.15) is 24.5 Å². The SMILES string of the molecule is Cc1ccc(NC(=S)Nc2ccc(S(=O)(=O)N3c4ccc(F)cc4CC[C@H]3C)cc2)cc1Cl. The van der Waals surface area contributed by atoms with Gasteiger partial charge in [0.1, 0.15) is 5.82 Å². The fourth-order valence-corrected chi connectivity index (χ4v) is 5.98. The smallest absolute Gasteiger partial charge is 0.264 e. The summed E-state index contributed by atoms with van der Waals surface area (Å²) >= 11 is 11.5. The van der Waals surface area contributed by atoms with E-state index in [4.69, 9.17) is 23.8 Å². The zero-order chi connectivity index (χ0) is 23.8. The van der Waals surface area contributed by atoms with Crippen LogP contribution in [0.4, 0.5) is 21.5 Å². The Morgan fingerprint density at radius 1 is 1.06 bits per heavy atom. The summed E-state index contributed by atoms with van der Waals surface area (Å²) in [4.78, 5) is 0.154. The fourth-order valence-electron chi connectivity index (χ4n) is 3.84. The van der Waals surface area contributed by atoms with E-state index >= 15 is 0 Å². The lowest BCUT2D eigenvalue weighted by Crippen LogP contribution is -2.42. The number of halogens is 2. The zero-order valence-corrected chi connectivity index (χ0v) is 20.5. The zero-order valence-electron chi connectivity index (χ0n) is 18.1. The number of hydrogen-bond donors (Lipinski definition) is 2. The third-order valence-corrected chi connectivity index (χ3v) is 8.16. The molecule has 0 fully saturated rings. The molecular formula is C24H23ClFN3O2S2. The van der Waals surface area contributed by atoms with Crippen molar-refractivity contribution in [1.82, 2.24) is 0 Å². The number of rotatable bonds is 4. The minimum atomic E-state index is -3.82. The van der Waals surface area contributed by atoms with Crippen LogP contribution in [0.25, 0.3) is 0 Å². The first kappa shape index (κ1) is 23.5. The summed E-state index contributed by atoms with van der Waals surface area (Å²) in [5.41, 5.74) is 3.58. The topological polar surface area (TPSA) is 61.4 Å². The highest BCUT2D eigenvalue weighted by molar-refractivity contribution is 7.92. The van der Waals surface area contributed by atoms with E-state index in [1.165, 1.54) is 34.6 Å². The normalized spacial score (nSPS) is 15.6. The van der Waals surface area contributed by atoms with Crippen LogP contribution in [0, 0.1) is 12.7 Å². The van der Waals surface area contributed by atoms with Crippen molar-refractivity contribution >= 4 is 56.0 Å². The van der Waals surface area contributed by atoms with E-state index in [0.717, 1.165) is 11.3 Å². The van der Waals surface area contributed by atoms with Crippen LogP contribution < -0.4 is 14.9 Å². The number of thiocarbonyl (C=S) groups is 1. The van der Waals surface area contributed by atoms with Gasteiger partial charge in [-0.25, -0.2) is 12.8 Å². The van der Waals surface area contributed by atoms with Crippen molar-refractivity contribution < 1.29 is 12.8 Å². The molecule has 0 amide bonds. The van der Waals surface area contributed by atoms with Gasteiger partial charge in [0.05, 0.1) is 10.6 Å². The number of fused-ring (bicyclic) bond motifs is 1. The molecule has 0 aromatic heterocycles. The third-order valence-electron chi connectivity index (χ3n) is 5.61. The van der Waals surface area contributed by atoms with Gasteiger partial charge >= 0.3 is 0 Å². The molecule has 1 aliphatic heterocycles. The predicted molar refractivity (Wildman–Crippen MR) is 136 cm³/mol. The van der Waals surface area contributed by atoms with Crippen LogP contribution in [0.15, 0.2) is 65.6 Å². The van der Waals surface area contributed by atoms with Crippen LogP contribution in [-0.4, -0.2) is 19.6 Å². The Labute approximate surface area is 203 Å². The lowest BCUT2D eigenvalue weighted by Gasteiger charge is -2.36. The summed E-state index contributed by atoms with van der Waals surface area (Å²) in [6.07, 6.45) is 1.26. The van der Waals surface area contributed by atoms with Crippen LogP contribution >= 0.6 is 23.8 Å². The number of benzene rings is 3. The lowest BCUT2D eigenvalue weighted by molar-refractivity contribution is 0.560. The molecule has 1 heterocycles. The fraction of sp³-hybridized carbons (Fsp3) is 0.208. The number of sulfonamides is 1. The van der Waals surface area contributed by atoms with Crippen LogP contribution in [0.3, 0.4) is 0 Å². The van der Waals surface area contributed by atoms with Gasteiger partial charge in [0.25, 0.3) is 10.0 Å². The first-order chi connectivity index (χ1) is 15.6. The summed E-state index contributed by atoms with van der Waals surface area (Å²) in [6, 6.07) is 15.9. The quantitative estimate of drug-likeness (QED) is 0.419. The average molecular weight is 504 g/mol. The van der Waals surface area contributed by atoms with E-state index in [1.54, 1.807) is 18.2 Å². The summed E-state index contributed by atoms with van der Waals surface area (Å²) in [5, 5.41) is 7.08. The van der Waals surface area contributed by atoms with Gasteiger partial charge < -0.3 is 10.6 Å². The van der Waals surface area contributed by atoms with E-state index in [-0.39, 0.29) is 16.8 Å². The second-order valence-electron chi connectivity index (χ2n) is 8.03. The van der Waals surface area contributed by atoms with Crippen LogP contribution in [0.5, 0.6) is 0 Å². The molecule has 0 bridgehead atoms. The van der Waals surface area contributed by atoms with E-state index in [0.29, 0.717) is 39.9 Å². The minimum Gasteiger partial charge on any atom is -0.332 e. The third kappa shape index (κ3) is 4.98. The molecule has 1 atom stereocenters. The van der Waals surface area contributed by atoms with Crippen molar-refractivity contribution in [2.75, 3.05) is 14.9 Å². The summed E-state index contributed by atoms with van der Waals surface area (Å²) < 4.78 is 41.9. The van der Waals surface area contributed by atoms with Crippen molar-refractivity contribution in [2.45, 2.75) is 37.6 Å². The molecule has 2 N–H and O–H groups in total. The summed E-state index contributed by atoms with van der Waals surface area (Å²) in [5.74, 6) is -0.367. The van der Waals surface area contributed by atoms with Gasteiger partial charge in [-0.3, -0.25) is 4.31 Å². The minimum absolute atomic E-state index is 0.154. The molecule has 0 aliphatic carbocycles. The lowest BCUT2D eigenvalue weighted by atomic mass is 9.99. The van der Waals surface area contributed by atoms with Gasteiger partial charge in [0.2, 0.25) is 0 Å². The molecule has 1 aliphatic rings. The van der Waals surface area contributed by atoms with Gasteiger partial charge in [-0.1, -0.05) is 17.7 Å². The predicted octanol–water partition coefficient (Wildman–Crippen LogP) is 6.13. The molecule has 0 radical (unpaired) electrons. The Morgan fingerprint density at radius 2 is 1.73 bits per heavy atom. The molecule has 0 saturated carbocycles. The highest BCUT2D eigenvalue weighted by Crippen LogP contribution is 2.36. The number of aryl methyl sites for hydroxylation is 2. The monoisotopic (exact) mass is 503 g/mol. The van der Waals surface area contributed by atoms with Crippen molar-refractivity contribution in [2.24, 2.45) is 0 Å². The van der Waals surface area contributed by atoms with Crippen molar-refractivity contribution in [3.63, 3.8) is 0 Å². The number of anilines is 3. The van der Waals surface area contributed by atoms with E-state index in [2.05, 4.69) is 10.6 Å². The molecular weight excluding hydrogens is 481 g/mol. The Kier molecular flexibility index (Phi) is 6.61. The molecule has 5 nitrogen and oxygen atoms in total. The van der Waals surface area contributed by atoms with E-state index in [9.17, 15) is 12.8 Å². The molecule has 0 saturated heterocycles. The second-order valence-corrected chi connectivity index (χ2v) is 10.7. The van der Waals surface area contributed by atoms with E-state index < -0.39 is 10.0 Å². The first-order valence-electron chi connectivity index (χ1n) is 10.4. The Bertz CT molecular complexity index is 1310. The van der Waals surface area contributed by atoms with Gasteiger partial charge in [-0.2, -0.15) is 0 Å². The Morgan fingerprint density at radius 3 is 2.42 bits per heavy atom. The van der Waals surface area contributed by atoms with Gasteiger partial charge in [-0.15, -0.1) is 0 Å². The maximum absolute atomic E-state index is 13.7. The number of nitrogens with one attached hydrogen (secondary N) is 2. The molecule has 0 unspecified atom stereocenters. The maximum atomic E-state index is 13.7. The summed E-state index contributed by atoms with van der Waals surface area (Å²) in [6.45, 7) is 3.78. The van der Waals surface area contributed by atoms with Gasteiger partial charge in [-0.05, 0) is 105 Å². The number of hydrogen-bond acceptors (Lipinski definition) is 3. The molecule has 4 rings (SSSR count). The molecule has 33 heavy (non-hydrogen) atoms. The van der Waals surface area contributed by atoms with Crippen LogP contribution in [0.2, 0.25) is 5.02 Å². The van der Waals surface area contributed by atoms with Crippen molar-refractivity contribution in [3.8, 4) is 0 Å². The maximum Gasteiger partial charge on any atom is 0.264 e. The van der Waals surface area contributed by atoms with Gasteiger partial charge in [0, 0.05) is 22.4 Å². The second kappa shape index (κ2) is 9.29. The number of nitrogens with zero attached hydrogens (tertiary/aromatic N) is 1. The van der Waals surface area contributed by atoms with Crippen molar-refractivity contribution in [1.29, 1.82) is 0 Å². The van der Waals surface area contributed by atoms with Crippen molar-refractivity contribution in [3.05, 3.63) is 82.6 Å². The largest absolute Gasteiger partial charge is 0.332 e. The highest BCUT2D eigenvalue weighted by Gasteiger charge is 2.33. The summed E-state index contributed by atoms with van der Waals surface area (Å²) in [7, 11) is -3.82. The highest BCUT2D eigenvalue weighted by atomic mass is 35.5. The average Bonchev–Trinajstić information content (AvgIpc) is 2.76. The van der Waals surface area contributed by atoms with E-state index in [1.807, 2.05) is 26.0 Å². The first-order valence-corrected chi connectivity index (χ1v) is 12.6. The molecule has 3 aromatic rings. The Hall–Kier alpha value is -2.68. The van der Waals surface area contributed by atoms with Gasteiger partial charge in [0.15, 0.2) is 5.11 Å². The molecule has 3 aromatic carbocycles. The molecule has 0 spiro atoms. The Balaban J connectivity index is 1.52. The molecule has 172 valence electrons. The van der Waals surface area contributed by atoms with Crippen LogP contribution in [-0.2, 0) is 16.4 Å². The molecule has 9 heteroatoms.